The highest BCUT2D eigenvalue weighted by molar-refractivity contribution is 6.24. The number of nitrogens with zero attached hydrogens (tertiary/aromatic N) is 2. The molecule has 1 aliphatic heterocycles. The number of aryl methyl sites for hydroxylation is 1. The van der Waals surface area contributed by atoms with Crippen LogP contribution in [0.2, 0.25) is 0 Å². The number of para-hydroxylation sites is 1. The number of hydrogen-bond acceptors (Lipinski definition) is 4. The summed E-state index contributed by atoms with van der Waals surface area (Å²) >= 11 is 0. The monoisotopic (exact) mass is 347 g/mol. The number of imide groups is 1. The van der Waals surface area contributed by atoms with Crippen molar-refractivity contribution in [1.82, 2.24) is 9.97 Å². The van der Waals surface area contributed by atoms with Gasteiger partial charge in [0, 0.05) is 17.3 Å². The Morgan fingerprint density at radius 1 is 1.12 bits per heavy atom. The van der Waals surface area contributed by atoms with Crippen molar-refractivity contribution in [2.45, 2.75) is 18.8 Å². The topological polar surface area (TPSA) is 75.3 Å². The first kappa shape index (κ1) is 15.1. The Balaban J connectivity index is 1.68. The highest BCUT2D eigenvalue weighted by atomic mass is 16.5. The van der Waals surface area contributed by atoms with E-state index in [1.807, 2.05) is 24.3 Å². The van der Waals surface area contributed by atoms with Crippen molar-refractivity contribution in [2.75, 3.05) is 12.0 Å². The molecule has 0 bridgehead atoms. The van der Waals surface area contributed by atoms with Crippen molar-refractivity contribution >= 4 is 28.5 Å². The number of H-pyrrole nitrogens is 1. The number of nitrogens with one attached hydrogen (secondary N) is 1. The second-order valence-electron chi connectivity index (χ2n) is 6.74. The fourth-order valence-corrected chi connectivity index (χ4v) is 4.24. The molecule has 5 rings (SSSR count). The third kappa shape index (κ3) is 1.95. The molecule has 2 aromatic heterocycles. The maximum Gasteiger partial charge on any atom is 0.242 e. The Labute approximate surface area is 149 Å². The van der Waals surface area contributed by atoms with Crippen molar-refractivity contribution in [3.63, 3.8) is 0 Å². The van der Waals surface area contributed by atoms with Crippen LogP contribution in [0.25, 0.3) is 11.0 Å². The lowest BCUT2D eigenvalue weighted by Gasteiger charge is -2.21. The summed E-state index contributed by atoms with van der Waals surface area (Å²) in [4.78, 5) is 35.5. The van der Waals surface area contributed by atoms with E-state index in [1.54, 1.807) is 25.3 Å². The molecule has 2 unspecified atom stereocenters. The second kappa shape index (κ2) is 5.42. The molecular weight excluding hydrogens is 330 g/mol. The van der Waals surface area contributed by atoms with Gasteiger partial charge in [-0.25, -0.2) is 9.88 Å². The van der Waals surface area contributed by atoms with Crippen molar-refractivity contribution in [3.05, 3.63) is 53.7 Å². The standard InChI is InChI=1S/C20H17N3O3/c1-26-15-10-9-14-18(22-15)17-13(21-14)8-7-12-16(17)20(25)23(19(12)24)11-5-3-2-4-6-11/h2-6,9-10,12,16,21H,7-8H2,1H3. The zero-order valence-corrected chi connectivity index (χ0v) is 14.2. The van der Waals surface area contributed by atoms with Crippen LogP contribution >= 0.6 is 0 Å². The summed E-state index contributed by atoms with van der Waals surface area (Å²) in [5.74, 6) is -0.605. The summed E-state index contributed by atoms with van der Waals surface area (Å²) in [7, 11) is 1.57. The number of pyridine rings is 1. The van der Waals surface area contributed by atoms with Gasteiger partial charge in [-0.05, 0) is 31.0 Å². The average molecular weight is 347 g/mol. The maximum absolute atomic E-state index is 13.2. The van der Waals surface area contributed by atoms with Gasteiger partial charge in [-0.2, -0.15) is 0 Å². The van der Waals surface area contributed by atoms with Crippen LogP contribution < -0.4 is 9.64 Å². The zero-order valence-electron chi connectivity index (χ0n) is 14.2. The highest BCUT2D eigenvalue weighted by Crippen LogP contribution is 2.46. The largest absolute Gasteiger partial charge is 0.481 e. The fraction of sp³-hybridized carbons (Fsp3) is 0.250. The number of ether oxygens (including phenoxy) is 1. The molecule has 0 radical (unpaired) electrons. The first-order valence-corrected chi connectivity index (χ1v) is 8.67. The molecule has 1 N–H and O–H groups in total. The number of methoxy groups -OCH3 is 1. The molecule has 3 aromatic rings. The zero-order chi connectivity index (χ0) is 17.8. The molecule has 2 amide bonds. The van der Waals surface area contributed by atoms with E-state index in [4.69, 9.17) is 4.74 Å². The molecule has 6 heteroatoms. The highest BCUT2D eigenvalue weighted by Gasteiger charge is 2.52. The molecule has 6 nitrogen and oxygen atoms in total. The van der Waals surface area contributed by atoms with Crippen LogP contribution in [0.1, 0.15) is 23.6 Å². The van der Waals surface area contributed by atoms with E-state index in [-0.39, 0.29) is 17.7 Å². The molecule has 0 saturated carbocycles. The molecule has 26 heavy (non-hydrogen) atoms. The predicted molar refractivity (Wildman–Crippen MR) is 96.1 cm³/mol. The summed E-state index contributed by atoms with van der Waals surface area (Å²) in [5.41, 5.74) is 4.08. The van der Waals surface area contributed by atoms with Crippen LogP contribution in [0.5, 0.6) is 5.88 Å². The minimum Gasteiger partial charge on any atom is -0.481 e. The first-order valence-electron chi connectivity index (χ1n) is 8.67. The Morgan fingerprint density at radius 3 is 2.69 bits per heavy atom. The molecule has 1 aromatic carbocycles. The van der Waals surface area contributed by atoms with E-state index < -0.39 is 5.92 Å². The number of fused-ring (bicyclic) bond motifs is 5. The van der Waals surface area contributed by atoms with Gasteiger partial charge < -0.3 is 9.72 Å². The molecule has 0 spiro atoms. The summed E-state index contributed by atoms with van der Waals surface area (Å²) in [6.45, 7) is 0. The molecule has 1 fully saturated rings. The average Bonchev–Trinajstić information content (AvgIpc) is 3.16. The van der Waals surface area contributed by atoms with Crippen molar-refractivity contribution in [3.8, 4) is 5.88 Å². The van der Waals surface area contributed by atoms with Gasteiger partial charge in [-0.15, -0.1) is 0 Å². The van der Waals surface area contributed by atoms with Crippen LogP contribution in [0, 0.1) is 5.92 Å². The summed E-state index contributed by atoms with van der Waals surface area (Å²) in [5, 5.41) is 0. The van der Waals surface area contributed by atoms with Crippen LogP contribution in [0.15, 0.2) is 42.5 Å². The van der Waals surface area contributed by atoms with Crippen molar-refractivity contribution in [2.24, 2.45) is 5.92 Å². The summed E-state index contributed by atoms with van der Waals surface area (Å²) in [6.07, 6.45) is 1.40. The quantitative estimate of drug-likeness (QED) is 0.723. The molecule has 1 aliphatic carbocycles. The Bertz CT molecular complexity index is 1040. The number of anilines is 1. The van der Waals surface area contributed by atoms with Gasteiger partial charge >= 0.3 is 0 Å². The lowest BCUT2D eigenvalue weighted by Crippen LogP contribution is -2.30. The third-order valence-electron chi connectivity index (χ3n) is 5.40. The first-order chi connectivity index (χ1) is 12.7. The molecule has 2 aliphatic rings. The predicted octanol–water partition coefficient (Wildman–Crippen LogP) is 2.79. The number of amides is 2. The number of aromatic nitrogens is 2. The molecule has 130 valence electrons. The van der Waals surface area contributed by atoms with Gasteiger partial charge in [0.05, 0.1) is 35.7 Å². The number of rotatable bonds is 2. The van der Waals surface area contributed by atoms with Gasteiger partial charge in [-0.1, -0.05) is 18.2 Å². The fourth-order valence-electron chi connectivity index (χ4n) is 4.24. The van der Waals surface area contributed by atoms with Crippen LogP contribution in [-0.4, -0.2) is 28.9 Å². The van der Waals surface area contributed by atoms with E-state index in [2.05, 4.69) is 9.97 Å². The Kier molecular flexibility index (Phi) is 3.16. The SMILES string of the molecule is COc1ccc2[nH]c3c(c2n1)C1C(=O)N(c2ccccc2)C(=O)C1CC3. The number of carbonyl (C=O) groups excluding carboxylic acids is 2. The Morgan fingerprint density at radius 2 is 1.92 bits per heavy atom. The Hall–Kier alpha value is -3.15. The molecule has 2 atom stereocenters. The smallest absolute Gasteiger partial charge is 0.242 e. The van der Waals surface area contributed by atoms with E-state index in [9.17, 15) is 9.59 Å². The number of carbonyl (C=O) groups is 2. The lowest BCUT2D eigenvalue weighted by atomic mass is 9.79. The van der Waals surface area contributed by atoms with E-state index in [0.29, 0.717) is 18.0 Å². The van der Waals surface area contributed by atoms with Crippen LogP contribution in [0.4, 0.5) is 5.69 Å². The lowest BCUT2D eigenvalue weighted by molar-refractivity contribution is -0.122. The minimum absolute atomic E-state index is 0.117. The van der Waals surface area contributed by atoms with E-state index in [0.717, 1.165) is 28.7 Å². The maximum atomic E-state index is 13.2. The van der Waals surface area contributed by atoms with Gasteiger partial charge in [0.15, 0.2) is 0 Å². The van der Waals surface area contributed by atoms with Crippen LogP contribution in [-0.2, 0) is 16.0 Å². The molecule has 3 heterocycles. The summed E-state index contributed by atoms with van der Waals surface area (Å²) < 4.78 is 5.25. The van der Waals surface area contributed by atoms with Gasteiger partial charge in [0.25, 0.3) is 0 Å². The normalized spacial score (nSPS) is 21.8. The second-order valence-corrected chi connectivity index (χ2v) is 6.74. The van der Waals surface area contributed by atoms with E-state index >= 15 is 0 Å². The van der Waals surface area contributed by atoms with Gasteiger partial charge in [0.2, 0.25) is 17.7 Å². The number of benzene rings is 1. The molecular formula is C20H17N3O3. The number of aromatic amines is 1. The van der Waals surface area contributed by atoms with Gasteiger partial charge in [0.1, 0.15) is 0 Å². The van der Waals surface area contributed by atoms with E-state index in [1.165, 1.54) is 4.90 Å². The number of hydrogen-bond donors (Lipinski definition) is 1. The van der Waals surface area contributed by atoms with Crippen molar-refractivity contribution in [1.29, 1.82) is 0 Å². The minimum atomic E-state index is -0.486. The van der Waals surface area contributed by atoms with Crippen LogP contribution in [0.3, 0.4) is 0 Å². The summed E-state index contributed by atoms with van der Waals surface area (Å²) in [6, 6.07) is 12.8. The molecule has 1 saturated heterocycles. The van der Waals surface area contributed by atoms with Gasteiger partial charge in [-0.3, -0.25) is 9.59 Å². The van der Waals surface area contributed by atoms with Crippen molar-refractivity contribution < 1.29 is 14.3 Å². The third-order valence-corrected chi connectivity index (χ3v) is 5.40.